The van der Waals surface area contributed by atoms with Crippen LogP contribution in [-0.2, 0) is 135 Å². The van der Waals surface area contributed by atoms with Crippen molar-refractivity contribution in [1.82, 2.24) is 48.0 Å². The number of aliphatic imine (C=N–C) groups is 1. The summed E-state index contributed by atoms with van der Waals surface area (Å²) in [6.45, 7) is 8.58. The van der Waals surface area contributed by atoms with E-state index in [1.54, 1.807) is 51.1 Å². The quantitative estimate of drug-likeness (QED) is 0.0124. The van der Waals surface area contributed by atoms with Crippen molar-refractivity contribution in [2.24, 2.45) is 34.2 Å². The van der Waals surface area contributed by atoms with E-state index in [-0.39, 0.29) is 197 Å². The van der Waals surface area contributed by atoms with E-state index in [1.807, 2.05) is 5.48 Å². The minimum Gasteiger partial charge on any atom is -0.481 e. The molecule has 2 heterocycles. The van der Waals surface area contributed by atoms with Gasteiger partial charge < -0.3 is 111 Å². The van der Waals surface area contributed by atoms with Crippen LogP contribution in [0.25, 0.3) is 0 Å². The lowest BCUT2D eigenvalue weighted by atomic mass is 9.90. The molecule has 123 heavy (non-hydrogen) atoms. The molecule has 0 radical (unpaired) electrons. The van der Waals surface area contributed by atoms with Gasteiger partial charge in [-0.1, -0.05) is 51.9 Å². The van der Waals surface area contributed by atoms with Crippen molar-refractivity contribution >= 4 is 133 Å². The summed E-state index contributed by atoms with van der Waals surface area (Å²) in [6.07, 6.45) is -2.20. The zero-order chi connectivity index (χ0) is 90.3. The number of ketones is 6. The molecule has 41 nitrogen and oxygen atoms in total. The summed E-state index contributed by atoms with van der Waals surface area (Å²) in [5.74, 6) is -15.1. The number of carbonyl (C=O) groups excluding carboxylic acids is 15. The minimum absolute atomic E-state index is 0.00670. The number of rotatable bonds is 57. The lowest BCUT2D eigenvalue weighted by Crippen LogP contribution is -2.53. The lowest BCUT2D eigenvalue weighted by molar-refractivity contribution is -0.142. The molecule has 0 aromatic heterocycles. The molecule has 2 bridgehead atoms. The van der Waals surface area contributed by atoms with Crippen molar-refractivity contribution in [2.75, 3.05) is 194 Å². The number of thioether (sulfide) groups is 1. The summed E-state index contributed by atoms with van der Waals surface area (Å²) in [5.41, 5.74) is 13.0. The van der Waals surface area contributed by atoms with Gasteiger partial charge in [0, 0.05) is 101 Å². The van der Waals surface area contributed by atoms with E-state index in [9.17, 15) is 81.8 Å². The van der Waals surface area contributed by atoms with Crippen molar-refractivity contribution in [1.29, 1.82) is 0 Å². The molecule has 3 rings (SSSR count). The van der Waals surface area contributed by atoms with Crippen LogP contribution in [0.2, 0.25) is 0 Å². The van der Waals surface area contributed by atoms with Crippen LogP contribution in [0.5, 0.6) is 0 Å². The van der Waals surface area contributed by atoms with Crippen LogP contribution < -0.4 is 59.5 Å². The molecular weight excluding hydrogens is 1680 g/mol. The molecule has 14 N–H and O–H groups in total. The van der Waals surface area contributed by atoms with Gasteiger partial charge in [-0.2, -0.15) is 5.48 Å². The number of benzene rings is 1. The summed E-state index contributed by atoms with van der Waals surface area (Å²) in [4.78, 5) is 222. The van der Waals surface area contributed by atoms with Crippen LogP contribution in [0.1, 0.15) is 117 Å². The fourth-order valence-corrected chi connectivity index (χ4v) is 14.6. The molecule has 0 spiro atoms. The predicted octanol–water partition coefficient (Wildman–Crippen LogP) is -0.890. The highest BCUT2D eigenvalue weighted by Gasteiger charge is 2.36. The Morgan fingerprint density at radius 3 is 1.59 bits per heavy atom. The van der Waals surface area contributed by atoms with E-state index in [0.29, 0.717) is 58.2 Å². The van der Waals surface area contributed by atoms with Gasteiger partial charge in [0.05, 0.1) is 135 Å². The van der Waals surface area contributed by atoms with Crippen LogP contribution in [0, 0.1) is 17.8 Å². The first kappa shape index (κ1) is 109. The van der Waals surface area contributed by atoms with Gasteiger partial charge in [0.2, 0.25) is 47.3 Å². The number of nitrogens with one attached hydrogen (secondary N) is 9. The smallest absolute Gasteiger partial charge is 0.431 e. The van der Waals surface area contributed by atoms with Crippen molar-refractivity contribution in [3.05, 3.63) is 35.9 Å². The second-order valence-electron chi connectivity index (χ2n) is 29.3. The normalized spacial score (nSPS) is 18.8. The third-order valence-electron chi connectivity index (χ3n) is 17.4. The number of nitrogens with two attached hydrogens (primary N) is 2. The maximum absolute atomic E-state index is 14.9. The van der Waals surface area contributed by atoms with Gasteiger partial charge in [-0.15, -0.1) is 11.8 Å². The molecule has 2 fully saturated rings. The van der Waals surface area contributed by atoms with Crippen LogP contribution in [0.3, 0.4) is 0 Å². The standard InChI is InChI=1S/C79H126N12O29S3/c1-54(92)45-117-46-59(93)16-11-23-109-27-31-113-32-28-110-24-12-18-65(95)62-50-121-53-71(101)87-61(17-8-9-19-82-68(98)47-118-48-69(99)83-21-25-111-29-33-114-35-37-116-38-36-115-34-30-112-26-22-84-70(100)49-119-91-78(108)120-79(2,3)4)76(107)90-64-52-123-122-51-63(67(97)42-57(74(105)88-62)39-55-13-6-5-7-14-55)89-75(106)58(43-72(102)103)40-60(94)44-86-73(104)56(41-66(64)96)15-10-20-85-77(80)81/h5-7,13-14,56-58,61-64H,8-12,15-53H2,1-4H3,(H,82,98)(H,83,99)(H,84,100)(H,86,104)(H,87,101)(H,88,105)(H,89,106)(H,90,107)(H,91,108)(H,102,103)(H4,80,81,85)/t56-,57-,58+,61+,62+,63+,64+/m1/s1. The monoisotopic (exact) mass is 1800 g/mol. The second-order valence-corrected chi connectivity index (χ2v) is 32.8. The first-order valence-electron chi connectivity index (χ1n) is 40.9. The number of carbonyl (C=O) groups is 16. The van der Waals surface area contributed by atoms with Gasteiger partial charge in [0.1, 0.15) is 38.1 Å². The summed E-state index contributed by atoms with van der Waals surface area (Å²) >= 11 is 0.948. The third kappa shape index (κ3) is 57.0. The Balaban J connectivity index is 1.67. The number of aliphatic carboxylic acids is 1. The number of unbranched alkanes of at least 4 members (excludes halogenated alkanes) is 1. The molecule has 44 heteroatoms. The number of ether oxygens (including phenoxy) is 11. The number of hydrogen-bond acceptors (Lipinski definition) is 32. The van der Waals surface area contributed by atoms with Crippen molar-refractivity contribution < 1.29 is 139 Å². The molecule has 1 aromatic carbocycles. The summed E-state index contributed by atoms with van der Waals surface area (Å²) in [6, 6.07) is 3.17. The van der Waals surface area contributed by atoms with Crippen molar-refractivity contribution in [3.63, 3.8) is 0 Å². The Labute approximate surface area is 728 Å². The van der Waals surface area contributed by atoms with E-state index in [4.69, 9.17) is 68.4 Å². The average Bonchev–Trinajstić information content (AvgIpc) is 1.17. The van der Waals surface area contributed by atoms with E-state index >= 15 is 0 Å². The van der Waals surface area contributed by atoms with E-state index < -0.39 is 182 Å². The molecule has 2 saturated heterocycles. The largest absolute Gasteiger partial charge is 0.481 e. The highest BCUT2D eigenvalue weighted by atomic mass is 33.1. The highest BCUT2D eigenvalue weighted by Crippen LogP contribution is 2.28. The Kier molecular flexibility index (Phi) is 59.3. The number of carboxylic acids is 1. The Morgan fingerprint density at radius 2 is 1.03 bits per heavy atom. The number of hydroxylamine groups is 1. The molecule has 1 aromatic rings. The first-order chi connectivity index (χ1) is 59.0. The van der Waals surface area contributed by atoms with Crippen LogP contribution >= 0.6 is 33.3 Å². The third-order valence-corrected chi connectivity index (χ3v) is 20.8. The predicted molar refractivity (Wildman–Crippen MR) is 450 cm³/mol. The summed E-state index contributed by atoms with van der Waals surface area (Å²) < 4.78 is 59.6. The van der Waals surface area contributed by atoms with Crippen molar-refractivity contribution in [3.8, 4) is 0 Å². The number of Topliss-reactive ketones (excluding diaryl/α,β-unsaturated/α-hetero) is 6. The van der Waals surface area contributed by atoms with Gasteiger partial charge in [0.15, 0.2) is 47.3 Å². The number of hydrogen-bond donors (Lipinski definition) is 12. The molecule has 2 aliphatic rings. The number of guanidine groups is 1. The molecule has 0 unspecified atom stereocenters. The fourth-order valence-electron chi connectivity index (χ4n) is 11.3. The van der Waals surface area contributed by atoms with Crippen LogP contribution in [-0.4, -0.2) is 329 Å². The first-order valence-corrected chi connectivity index (χ1v) is 44.5. The highest BCUT2D eigenvalue weighted by molar-refractivity contribution is 8.76. The summed E-state index contributed by atoms with van der Waals surface area (Å²) in [7, 11) is 1.97. The van der Waals surface area contributed by atoms with Gasteiger partial charge in [0.25, 0.3) is 0 Å². The lowest BCUT2D eigenvalue weighted by Gasteiger charge is -2.26. The number of amides is 9. The van der Waals surface area contributed by atoms with Crippen LogP contribution in [0.4, 0.5) is 4.79 Å². The molecule has 694 valence electrons. The van der Waals surface area contributed by atoms with Gasteiger partial charge in [-0.05, 0) is 84.6 Å². The SMILES string of the molecule is CC(=O)COCC(=O)CCCOCCOCCOCCCC(=O)[C@@H]1CSCC(=O)N[C@@H](CCCCNC(=O)COCC(=O)NCCOCCOCCOCCOCCOCCNC(=O)CONC(=O)OC(C)(C)C)C(=O)N[C@H]2CSSC[C@H](NC(=O)[C@H](CC(=O)O)CC(=O)CNC(=O)[C@H](CCCN=C(N)N)CC2=O)C(=O)C[C@@H](Cc2ccccc2)C(=O)N1. The molecule has 0 saturated carbocycles. The maximum Gasteiger partial charge on any atom is 0.431 e. The topological polar surface area (TPSA) is 577 Å². The average molecular weight is 1800 g/mol. The van der Waals surface area contributed by atoms with Crippen molar-refractivity contribution in [2.45, 2.75) is 147 Å². The number of fused-ring (bicyclic) bond motifs is 5. The molecule has 0 aliphatic carbocycles. The van der Waals surface area contributed by atoms with E-state index in [2.05, 4.69) is 47.5 Å². The Hall–Kier alpha value is -8.38. The molecule has 7 atom stereocenters. The van der Waals surface area contributed by atoms with E-state index in [1.165, 1.54) is 6.92 Å². The number of carboxylic acid groups (broad SMARTS) is 1. The fraction of sp³-hybridized carbons (Fsp3) is 0.709. The maximum atomic E-state index is 14.9. The molecule has 9 amide bonds. The zero-order valence-electron chi connectivity index (χ0n) is 70.7. The van der Waals surface area contributed by atoms with Gasteiger partial charge in [-0.3, -0.25) is 81.7 Å². The molecule has 2 aliphatic heterocycles. The Morgan fingerprint density at radius 1 is 0.520 bits per heavy atom. The molecular formula is C79H126N12O29S3. The van der Waals surface area contributed by atoms with E-state index in [0.717, 1.165) is 33.3 Å². The van der Waals surface area contributed by atoms with Crippen LogP contribution in [0.15, 0.2) is 35.3 Å². The Bertz CT molecular complexity index is 3440. The van der Waals surface area contributed by atoms with Gasteiger partial charge >= 0.3 is 12.1 Å². The second kappa shape index (κ2) is 67.0. The zero-order valence-corrected chi connectivity index (χ0v) is 73.2. The summed E-state index contributed by atoms with van der Waals surface area (Å²) in [5, 5.41) is 31.3. The number of nitrogens with zero attached hydrogens (tertiary/aromatic N) is 1. The van der Waals surface area contributed by atoms with Gasteiger partial charge in [-0.25, -0.2) is 4.79 Å². The minimum atomic E-state index is -1.55.